The van der Waals surface area contributed by atoms with Crippen molar-refractivity contribution in [3.8, 4) is 0 Å². The van der Waals surface area contributed by atoms with E-state index in [-0.39, 0.29) is 26.4 Å². The maximum absolute atomic E-state index is 9.88. The van der Waals surface area contributed by atoms with Crippen LogP contribution >= 0.6 is 0 Å². The fourth-order valence-electron chi connectivity index (χ4n) is 0.938. The first-order valence-corrected chi connectivity index (χ1v) is 2.98. The SMILES string of the molecule is O=CCC1CCCO1.[H-].[Li+]. The molecule has 0 aromatic rings. The minimum atomic E-state index is 0. The van der Waals surface area contributed by atoms with E-state index < -0.39 is 0 Å². The summed E-state index contributed by atoms with van der Waals surface area (Å²) in [6.45, 7) is 0.846. The van der Waals surface area contributed by atoms with Crippen molar-refractivity contribution in [2.75, 3.05) is 6.61 Å². The average molecular weight is 122 g/mol. The van der Waals surface area contributed by atoms with Gasteiger partial charge in [0.05, 0.1) is 6.10 Å². The second-order valence-electron chi connectivity index (χ2n) is 2.04. The fraction of sp³-hybridized carbons (Fsp3) is 0.833. The summed E-state index contributed by atoms with van der Waals surface area (Å²) in [6.07, 6.45) is 3.94. The van der Waals surface area contributed by atoms with E-state index >= 15 is 0 Å². The van der Waals surface area contributed by atoms with Crippen LogP contribution in [0.5, 0.6) is 0 Å². The van der Waals surface area contributed by atoms with Gasteiger partial charge >= 0.3 is 18.9 Å². The Bertz CT molecular complexity index is 83.8. The van der Waals surface area contributed by atoms with Crippen LogP contribution in [-0.4, -0.2) is 19.0 Å². The number of hydrogen-bond donors (Lipinski definition) is 0. The number of rotatable bonds is 2. The molecule has 0 amide bonds. The molecule has 1 aliphatic rings. The molecule has 1 fully saturated rings. The van der Waals surface area contributed by atoms with Gasteiger partial charge in [-0.15, -0.1) is 0 Å². The van der Waals surface area contributed by atoms with Crippen LogP contribution < -0.4 is 18.9 Å². The number of hydrogen-bond acceptors (Lipinski definition) is 2. The first kappa shape index (κ1) is 9.23. The van der Waals surface area contributed by atoms with Crippen molar-refractivity contribution >= 4 is 6.29 Å². The molecule has 3 heteroatoms. The van der Waals surface area contributed by atoms with Crippen LogP contribution in [0.3, 0.4) is 0 Å². The van der Waals surface area contributed by atoms with E-state index in [1.54, 1.807) is 0 Å². The molecule has 1 aliphatic heterocycles. The summed E-state index contributed by atoms with van der Waals surface area (Å²) < 4.78 is 5.16. The third-order valence-corrected chi connectivity index (χ3v) is 1.38. The van der Waals surface area contributed by atoms with Gasteiger partial charge in [0.1, 0.15) is 6.29 Å². The smallest absolute Gasteiger partial charge is 1.00 e. The van der Waals surface area contributed by atoms with E-state index in [0.29, 0.717) is 6.42 Å². The fourth-order valence-corrected chi connectivity index (χ4v) is 0.938. The minimum Gasteiger partial charge on any atom is -1.00 e. The van der Waals surface area contributed by atoms with E-state index in [4.69, 9.17) is 4.74 Å². The largest absolute Gasteiger partial charge is 1.00 e. The first-order valence-electron chi connectivity index (χ1n) is 2.98. The zero-order valence-electron chi connectivity index (χ0n) is 6.80. The molecule has 9 heavy (non-hydrogen) atoms. The Morgan fingerprint density at radius 2 is 2.56 bits per heavy atom. The molecule has 2 nitrogen and oxygen atoms in total. The van der Waals surface area contributed by atoms with E-state index in [9.17, 15) is 4.79 Å². The van der Waals surface area contributed by atoms with Crippen LogP contribution in [0, 0.1) is 0 Å². The standard InChI is InChI=1S/C6H10O2.Li.H/c7-4-3-6-2-1-5-8-6;;/h4,6H,1-3,5H2;;/q;+1;-1. The van der Waals surface area contributed by atoms with Crippen molar-refractivity contribution in [2.24, 2.45) is 0 Å². The van der Waals surface area contributed by atoms with Gasteiger partial charge in [0.25, 0.3) is 0 Å². The molecule has 0 bridgehead atoms. The Hall–Kier alpha value is 0.227. The monoisotopic (exact) mass is 122 g/mol. The van der Waals surface area contributed by atoms with Crippen LogP contribution in [0.2, 0.25) is 0 Å². The Morgan fingerprint density at radius 1 is 1.78 bits per heavy atom. The summed E-state index contributed by atoms with van der Waals surface area (Å²) in [5, 5.41) is 0. The average Bonchev–Trinajstić information content (AvgIpc) is 2.19. The number of aldehydes is 1. The van der Waals surface area contributed by atoms with Crippen LogP contribution in [0.4, 0.5) is 0 Å². The normalized spacial score (nSPS) is 25.1. The summed E-state index contributed by atoms with van der Waals surface area (Å²) in [5.74, 6) is 0. The summed E-state index contributed by atoms with van der Waals surface area (Å²) >= 11 is 0. The van der Waals surface area contributed by atoms with Crippen LogP contribution in [0.1, 0.15) is 20.7 Å². The van der Waals surface area contributed by atoms with Gasteiger partial charge in [-0.05, 0) is 12.8 Å². The molecule has 0 saturated carbocycles. The maximum atomic E-state index is 9.88. The third kappa shape index (κ3) is 3.05. The summed E-state index contributed by atoms with van der Waals surface area (Å²) in [5.41, 5.74) is 0. The molecular formula is C6H11LiO2. The number of ether oxygens (including phenoxy) is 1. The maximum Gasteiger partial charge on any atom is 1.00 e. The van der Waals surface area contributed by atoms with Gasteiger partial charge < -0.3 is 11.0 Å². The van der Waals surface area contributed by atoms with E-state index in [1.165, 1.54) is 0 Å². The van der Waals surface area contributed by atoms with Crippen molar-refractivity contribution < 1.29 is 29.8 Å². The molecular weight excluding hydrogens is 111 g/mol. The molecule has 0 aromatic heterocycles. The van der Waals surface area contributed by atoms with Crippen LogP contribution in [0.25, 0.3) is 0 Å². The molecule has 1 atom stereocenters. The topological polar surface area (TPSA) is 26.3 Å². The molecule has 0 N–H and O–H groups in total. The third-order valence-electron chi connectivity index (χ3n) is 1.38. The van der Waals surface area contributed by atoms with Gasteiger partial charge in [-0.2, -0.15) is 0 Å². The Morgan fingerprint density at radius 3 is 3.00 bits per heavy atom. The van der Waals surface area contributed by atoms with Gasteiger partial charge in [-0.25, -0.2) is 0 Å². The van der Waals surface area contributed by atoms with E-state index in [2.05, 4.69) is 0 Å². The molecule has 48 valence electrons. The van der Waals surface area contributed by atoms with Gasteiger partial charge in [0.2, 0.25) is 0 Å². The quantitative estimate of drug-likeness (QED) is 0.309. The van der Waals surface area contributed by atoms with Crippen molar-refractivity contribution in [3.05, 3.63) is 0 Å². The van der Waals surface area contributed by atoms with Gasteiger partial charge in [-0.3, -0.25) is 0 Å². The van der Waals surface area contributed by atoms with Gasteiger partial charge in [0.15, 0.2) is 0 Å². The molecule has 1 unspecified atom stereocenters. The van der Waals surface area contributed by atoms with Gasteiger partial charge in [0, 0.05) is 13.0 Å². The van der Waals surface area contributed by atoms with Gasteiger partial charge in [-0.1, -0.05) is 0 Å². The predicted molar refractivity (Wildman–Crippen MR) is 30.8 cm³/mol. The minimum absolute atomic E-state index is 0. The van der Waals surface area contributed by atoms with Crippen LogP contribution in [-0.2, 0) is 9.53 Å². The molecule has 1 heterocycles. The second kappa shape index (κ2) is 5.05. The number of carbonyl (C=O) groups is 1. The second-order valence-corrected chi connectivity index (χ2v) is 2.04. The Balaban J connectivity index is 0. The summed E-state index contributed by atoms with van der Waals surface area (Å²) in [4.78, 5) is 9.88. The van der Waals surface area contributed by atoms with Crippen molar-refractivity contribution in [2.45, 2.75) is 25.4 Å². The molecule has 0 aromatic carbocycles. The Labute approximate surface area is 68.6 Å². The number of carbonyl (C=O) groups excluding carboxylic acids is 1. The van der Waals surface area contributed by atoms with E-state index in [1.807, 2.05) is 0 Å². The molecule has 0 radical (unpaired) electrons. The molecule has 1 saturated heterocycles. The molecule has 1 rings (SSSR count). The van der Waals surface area contributed by atoms with Crippen molar-refractivity contribution in [3.63, 3.8) is 0 Å². The van der Waals surface area contributed by atoms with Crippen molar-refractivity contribution in [1.82, 2.24) is 0 Å². The van der Waals surface area contributed by atoms with Crippen LogP contribution in [0.15, 0.2) is 0 Å². The molecule has 0 aliphatic carbocycles. The molecule has 0 spiro atoms. The first-order chi connectivity index (χ1) is 3.93. The van der Waals surface area contributed by atoms with E-state index in [0.717, 1.165) is 25.7 Å². The zero-order chi connectivity index (χ0) is 5.82. The summed E-state index contributed by atoms with van der Waals surface area (Å²) in [6, 6.07) is 0. The predicted octanol–water partition coefficient (Wildman–Crippen LogP) is -2.13. The zero-order valence-corrected chi connectivity index (χ0v) is 5.80. The Kier molecular flexibility index (Phi) is 5.17. The van der Waals surface area contributed by atoms with Crippen molar-refractivity contribution in [1.29, 1.82) is 0 Å². The summed E-state index contributed by atoms with van der Waals surface area (Å²) in [7, 11) is 0.